The van der Waals surface area contributed by atoms with Gasteiger partial charge in [-0.1, -0.05) is 29.3 Å². The highest BCUT2D eigenvalue weighted by molar-refractivity contribution is 6.40. The molecule has 0 unspecified atom stereocenters. The zero-order chi connectivity index (χ0) is 14.0. The van der Waals surface area contributed by atoms with Crippen molar-refractivity contribution in [3.05, 3.63) is 28.2 Å². The quantitative estimate of drug-likeness (QED) is 0.908. The summed E-state index contributed by atoms with van der Waals surface area (Å²) in [6.07, 6.45) is 1.54. The number of carboxylic acids is 1. The lowest BCUT2D eigenvalue weighted by Crippen LogP contribution is -2.34. The molecule has 6 heteroatoms. The van der Waals surface area contributed by atoms with Gasteiger partial charge in [0, 0.05) is 12.5 Å². The molecule has 1 aliphatic rings. The van der Waals surface area contributed by atoms with Crippen molar-refractivity contribution >= 4 is 40.8 Å². The first-order valence-electron chi connectivity index (χ1n) is 5.98. The number of anilines is 1. The molecule has 1 fully saturated rings. The van der Waals surface area contributed by atoms with Crippen LogP contribution in [0.1, 0.15) is 19.3 Å². The Bertz CT molecular complexity index is 494. The minimum Gasteiger partial charge on any atom is -0.481 e. The van der Waals surface area contributed by atoms with Crippen molar-refractivity contribution in [2.45, 2.75) is 19.3 Å². The Balaban J connectivity index is 2.30. The van der Waals surface area contributed by atoms with Crippen LogP contribution in [0.4, 0.5) is 5.69 Å². The first kappa shape index (κ1) is 14.2. The second kappa shape index (κ2) is 5.80. The lowest BCUT2D eigenvalue weighted by atomic mass is 10.2. The van der Waals surface area contributed by atoms with Gasteiger partial charge in [-0.3, -0.25) is 9.59 Å². The molecule has 4 nitrogen and oxygen atoms in total. The summed E-state index contributed by atoms with van der Waals surface area (Å²) < 4.78 is 0. The Labute approximate surface area is 120 Å². The van der Waals surface area contributed by atoms with E-state index in [-0.39, 0.29) is 24.8 Å². The normalized spacial score (nSPS) is 14.2. The summed E-state index contributed by atoms with van der Waals surface area (Å²) in [7, 11) is 0. The van der Waals surface area contributed by atoms with Crippen molar-refractivity contribution in [3.63, 3.8) is 0 Å². The molecule has 1 amide bonds. The number of nitrogens with zero attached hydrogens (tertiary/aromatic N) is 1. The molecule has 0 spiro atoms. The van der Waals surface area contributed by atoms with E-state index in [1.807, 2.05) is 0 Å². The van der Waals surface area contributed by atoms with Crippen molar-refractivity contribution in [2.24, 2.45) is 5.92 Å². The molecule has 1 aliphatic carbocycles. The van der Waals surface area contributed by atoms with Crippen LogP contribution < -0.4 is 4.90 Å². The van der Waals surface area contributed by atoms with Crippen molar-refractivity contribution in [1.29, 1.82) is 0 Å². The Kier molecular flexibility index (Phi) is 4.32. The van der Waals surface area contributed by atoms with E-state index < -0.39 is 5.97 Å². The summed E-state index contributed by atoms with van der Waals surface area (Å²) in [4.78, 5) is 24.3. The van der Waals surface area contributed by atoms with Crippen LogP contribution in [0.15, 0.2) is 18.2 Å². The molecule has 1 saturated carbocycles. The van der Waals surface area contributed by atoms with Gasteiger partial charge in [-0.05, 0) is 25.0 Å². The van der Waals surface area contributed by atoms with Crippen molar-refractivity contribution < 1.29 is 14.7 Å². The van der Waals surface area contributed by atoms with E-state index >= 15 is 0 Å². The van der Waals surface area contributed by atoms with E-state index in [0.717, 1.165) is 12.8 Å². The van der Waals surface area contributed by atoms with Crippen LogP contribution in [0, 0.1) is 5.92 Å². The molecule has 0 aromatic heterocycles. The third-order valence-electron chi connectivity index (χ3n) is 2.95. The van der Waals surface area contributed by atoms with Crippen LogP contribution >= 0.6 is 23.2 Å². The monoisotopic (exact) mass is 301 g/mol. The van der Waals surface area contributed by atoms with E-state index in [2.05, 4.69) is 0 Å². The van der Waals surface area contributed by atoms with Gasteiger partial charge < -0.3 is 10.0 Å². The Hall–Kier alpha value is -1.26. The highest BCUT2D eigenvalue weighted by atomic mass is 35.5. The first-order chi connectivity index (χ1) is 9.00. The summed E-state index contributed by atoms with van der Waals surface area (Å²) >= 11 is 12.2. The predicted molar refractivity (Wildman–Crippen MR) is 73.8 cm³/mol. The number of carbonyl (C=O) groups excluding carboxylic acids is 1. The highest BCUT2D eigenvalue weighted by Crippen LogP contribution is 2.38. The number of hydrogen-bond acceptors (Lipinski definition) is 2. The molecular weight excluding hydrogens is 289 g/mol. The lowest BCUT2D eigenvalue weighted by molar-refractivity contribution is -0.136. The van der Waals surface area contributed by atoms with E-state index in [1.165, 1.54) is 4.90 Å². The van der Waals surface area contributed by atoms with Gasteiger partial charge in [0.15, 0.2) is 0 Å². The highest BCUT2D eigenvalue weighted by Gasteiger charge is 2.35. The second-order valence-electron chi connectivity index (χ2n) is 4.48. The fourth-order valence-electron chi connectivity index (χ4n) is 1.84. The van der Waals surface area contributed by atoms with E-state index in [0.29, 0.717) is 15.7 Å². The molecule has 1 aromatic rings. The van der Waals surface area contributed by atoms with Crippen LogP contribution in [-0.4, -0.2) is 23.5 Å². The maximum atomic E-state index is 12.2. The first-order valence-corrected chi connectivity index (χ1v) is 6.73. The fraction of sp³-hybridized carbons (Fsp3) is 0.385. The number of carboxylic acid groups (broad SMARTS) is 1. The van der Waals surface area contributed by atoms with E-state index in [9.17, 15) is 9.59 Å². The smallest absolute Gasteiger partial charge is 0.305 e. The standard InChI is InChI=1S/C13H13Cl2NO3/c14-9-2-1-3-10(15)12(9)16(7-6-11(17)18)13(19)8-4-5-8/h1-3,8H,4-7H2,(H,17,18). The molecule has 19 heavy (non-hydrogen) atoms. The van der Waals surface area contributed by atoms with Gasteiger partial charge in [-0.15, -0.1) is 0 Å². The zero-order valence-corrected chi connectivity index (χ0v) is 11.6. The zero-order valence-electron chi connectivity index (χ0n) is 10.1. The molecule has 1 aromatic carbocycles. The summed E-state index contributed by atoms with van der Waals surface area (Å²) in [5.41, 5.74) is 0.406. The van der Waals surface area contributed by atoms with Gasteiger partial charge in [-0.2, -0.15) is 0 Å². The summed E-state index contributed by atoms with van der Waals surface area (Å²) in [6, 6.07) is 4.96. The van der Waals surface area contributed by atoms with Crippen LogP contribution in [0.2, 0.25) is 10.0 Å². The molecule has 102 valence electrons. The lowest BCUT2D eigenvalue weighted by Gasteiger charge is -2.24. The number of para-hydroxylation sites is 1. The number of rotatable bonds is 5. The number of hydrogen-bond donors (Lipinski definition) is 1. The molecule has 1 N–H and O–H groups in total. The van der Waals surface area contributed by atoms with Crippen LogP contribution in [0.5, 0.6) is 0 Å². The molecular formula is C13H13Cl2NO3. The summed E-state index contributed by atoms with van der Waals surface area (Å²) in [5, 5.41) is 9.49. The van der Waals surface area contributed by atoms with E-state index in [1.54, 1.807) is 18.2 Å². The Morgan fingerprint density at radius 3 is 2.32 bits per heavy atom. The topological polar surface area (TPSA) is 57.6 Å². The molecule has 2 rings (SSSR count). The molecule has 0 atom stereocenters. The molecule has 0 radical (unpaired) electrons. The third kappa shape index (κ3) is 3.39. The number of benzene rings is 1. The Morgan fingerprint density at radius 1 is 1.26 bits per heavy atom. The third-order valence-corrected chi connectivity index (χ3v) is 3.56. The van der Waals surface area contributed by atoms with Crippen molar-refractivity contribution in [2.75, 3.05) is 11.4 Å². The van der Waals surface area contributed by atoms with Gasteiger partial charge in [0.25, 0.3) is 0 Å². The van der Waals surface area contributed by atoms with Gasteiger partial charge in [-0.25, -0.2) is 0 Å². The summed E-state index contributed by atoms with van der Waals surface area (Å²) in [6.45, 7) is 0.0775. The number of halogens is 2. The second-order valence-corrected chi connectivity index (χ2v) is 5.29. The van der Waals surface area contributed by atoms with Gasteiger partial charge in [0.2, 0.25) is 5.91 Å². The SMILES string of the molecule is O=C(O)CCN(C(=O)C1CC1)c1c(Cl)cccc1Cl. The molecule has 0 aliphatic heterocycles. The maximum absolute atomic E-state index is 12.2. The van der Waals surface area contributed by atoms with Gasteiger partial charge >= 0.3 is 5.97 Å². The maximum Gasteiger partial charge on any atom is 0.305 e. The Morgan fingerprint density at radius 2 is 1.84 bits per heavy atom. The number of carbonyl (C=O) groups is 2. The van der Waals surface area contributed by atoms with Gasteiger partial charge in [0.05, 0.1) is 22.2 Å². The molecule has 0 saturated heterocycles. The summed E-state index contributed by atoms with van der Waals surface area (Å²) in [5.74, 6) is -1.09. The minimum absolute atomic E-state index is 0.0267. The van der Waals surface area contributed by atoms with Crippen molar-refractivity contribution in [3.8, 4) is 0 Å². The predicted octanol–water partition coefficient (Wildman–Crippen LogP) is 3.21. The molecule has 0 heterocycles. The fourth-order valence-corrected chi connectivity index (χ4v) is 2.44. The van der Waals surface area contributed by atoms with Gasteiger partial charge in [0.1, 0.15) is 0 Å². The largest absolute Gasteiger partial charge is 0.481 e. The average Bonchev–Trinajstić information content (AvgIpc) is 3.15. The van der Waals surface area contributed by atoms with Crippen LogP contribution in [0.25, 0.3) is 0 Å². The number of aliphatic carboxylic acids is 1. The van der Waals surface area contributed by atoms with Crippen molar-refractivity contribution in [1.82, 2.24) is 0 Å². The minimum atomic E-state index is -0.961. The molecule has 0 bridgehead atoms. The van der Waals surface area contributed by atoms with Crippen LogP contribution in [-0.2, 0) is 9.59 Å². The van der Waals surface area contributed by atoms with E-state index in [4.69, 9.17) is 28.3 Å². The van der Waals surface area contributed by atoms with Crippen LogP contribution in [0.3, 0.4) is 0 Å². The number of amides is 1. The average molecular weight is 302 g/mol.